The summed E-state index contributed by atoms with van der Waals surface area (Å²) in [7, 11) is 5.19. The van der Waals surface area contributed by atoms with Crippen LogP contribution in [0.1, 0.15) is 87.0 Å². The standard InChI is InChI=1S/C37H59NO11/c1-11-25-15-20(3)13-14-29(41)26-16-27(18-28(17-26)44-10)34(21(4)30(42)19-32(43)48-31(25)12-2)49-37-36(47-24(7)40)33(38(8)9)35(22(5)45-37)46-23(6)39/h13-15,21-22,25-28,30-31,33-37,42H,11-12,16-19H2,1-10H3/b14-13+,20-15+/t21-,22+,25?,26-,27+,28?,30+,31+,33-,34+,35+,36+,37?/m0/s1. The van der Waals surface area contributed by atoms with Gasteiger partial charge in [0.05, 0.1) is 36.9 Å². The van der Waals surface area contributed by atoms with Gasteiger partial charge in [0.25, 0.3) is 0 Å². The molecule has 13 atom stereocenters. The molecule has 1 saturated carbocycles. The van der Waals surface area contributed by atoms with Crippen LogP contribution in [0.15, 0.2) is 23.8 Å². The van der Waals surface area contributed by atoms with Gasteiger partial charge in [-0.15, -0.1) is 0 Å². The van der Waals surface area contributed by atoms with Crippen molar-refractivity contribution >= 4 is 23.7 Å². The van der Waals surface area contributed by atoms with E-state index in [0.717, 1.165) is 12.0 Å². The van der Waals surface area contributed by atoms with E-state index in [-0.39, 0.29) is 36.1 Å². The summed E-state index contributed by atoms with van der Waals surface area (Å²) in [6.07, 6.45) is 1.89. The summed E-state index contributed by atoms with van der Waals surface area (Å²) in [6, 6.07) is -0.630. The molecule has 2 heterocycles. The second-order valence-corrected chi connectivity index (χ2v) is 14.2. The fraction of sp³-hybridized carbons (Fsp3) is 0.784. The molecule has 49 heavy (non-hydrogen) atoms. The first kappa shape index (κ1) is 40.8. The maximum atomic E-state index is 13.7. The predicted octanol–water partition coefficient (Wildman–Crippen LogP) is 4.16. The van der Waals surface area contributed by atoms with E-state index in [0.29, 0.717) is 25.7 Å². The van der Waals surface area contributed by atoms with Gasteiger partial charge in [0.2, 0.25) is 0 Å². The molecule has 0 radical (unpaired) electrons. The number of nitrogens with zero attached hydrogens (tertiary/aromatic N) is 1. The van der Waals surface area contributed by atoms with Crippen molar-refractivity contribution in [2.45, 2.75) is 142 Å². The third-order valence-electron chi connectivity index (χ3n) is 10.3. The molecule has 2 fully saturated rings. The summed E-state index contributed by atoms with van der Waals surface area (Å²) in [5, 5.41) is 11.6. The van der Waals surface area contributed by atoms with E-state index >= 15 is 0 Å². The number of allylic oxidation sites excluding steroid dienone is 3. The van der Waals surface area contributed by atoms with E-state index in [9.17, 15) is 24.3 Å². The Morgan fingerprint density at radius 2 is 1.61 bits per heavy atom. The van der Waals surface area contributed by atoms with Crippen molar-refractivity contribution in [2.75, 3.05) is 21.2 Å². The Morgan fingerprint density at radius 1 is 0.959 bits per heavy atom. The number of carbonyl (C=O) groups excluding carboxylic acids is 4. The highest BCUT2D eigenvalue weighted by Gasteiger charge is 2.52. The maximum Gasteiger partial charge on any atom is 0.308 e. The first-order valence-electron chi connectivity index (χ1n) is 17.7. The van der Waals surface area contributed by atoms with Crippen molar-refractivity contribution in [2.24, 2.45) is 23.7 Å². The zero-order valence-electron chi connectivity index (χ0n) is 31.0. The van der Waals surface area contributed by atoms with Crippen LogP contribution in [0.25, 0.3) is 0 Å². The Hall–Kier alpha value is -2.64. The van der Waals surface area contributed by atoms with E-state index < -0.39 is 72.8 Å². The molecule has 0 aromatic rings. The van der Waals surface area contributed by atoms with Crippen LogP contribution < -0.4 is 0 Å². The van der Waals surface area contributed by atoms with Gasteiger partial charge in [0, 0.05) is 38.7 Å². The number of aliphatic hydroxyl groups excluding tert-OH is 1. The molecular weight excluding hydrogens is 634 g/mol. The lowest BCUT2D eigenvalue weighted by molar-refractivity contribution is -0.309. The molecule has 2 bridgehead atoms. The molecule has 3 unspecified atom stereocenters. The van der Waals surface area contributed by atoms with Gasteiger partial charge in [-0.1, -0.05) is 38.5 Å². The van der Waals surface area contributed by atoms with E-state index in [4.69, 9.17) is 28.4 Å². The summed E-state index contributed by atoms with van der Waals surface area (Å²) in [6.45, 7) is 12.1. The summed E-state index contributed by atoms with van der Waals surface area (Å²) < 4.78 is 36.4. The number of rotatable bonds is 8. The lowest BCUT2D eigenvalue weighted by Crippen LogP contribution is -2.65. The highest BCUT2D eigenvalue weighted by Crippen LogP contribution is 2.40. The molecule has 3 aliphatic rings. The van der Waals surface area contributed by atoms with Gasteiger partial charge < -0.3 is 33.5 Å². The largest absolute Gasteiger partial charge is 0.462 e. The van der Waals surface area contributed by atoms with Crippen molar-refractivity contribution < 1.29 is 52.7 Å². The van der Waals surface area contributed by atoms with Gasteiger partial charge in [-0.25, -0.2) is 0 Å². The number of methoxy groups -OCH3 is 1. The average Bonchev–Trinajstić information content (AvgIpc) is 3.04. The summed E-state index contributed by atoms with van der Waals surface area (Å²) in [5.74, 6) is -3.00. The summed E-state index contributed by atoms with van der Waals surface area (Å²) in [4.78, 5) is 53.3. The van der Waals surface area contributed by atoms with Crippen LogP contribution in [-0.4, -0.2) is 110 Å². The number of hydrogen-bond donors (Lipinski definition) is 1. The summed E-state index contributed by atoms with van der Waals surface area (Å²) in [5.41, 5.74) is 0.898. The number of hydrogen-bond acceptors (Lipinski definition) is 12. The van der Waals surface area contributed by atoms with Crippen LogP contribution in [0.5, 0.6) is 0 Å². The van der Waals surface area contributed by atoms with E-state index in [1.165, 1.54) is 13.8 Å². The van der Waals surface area contributed by atoms with Crippen LogP contribution in [0.2, 0.25) is 0 Å². The number of fused-ring (bicyclic) bond motifs is 2. The van der Waals surface area contributed by atoms with Crippen molar-refractivity contribution in [3.05, 3.63) is 23.8 Å². The Bertz CT molecular complexity index is 1200. The normalized spacial score (nSPS) is 39.8. The van der Waals surface area contributed by atoms with E-state index in [2.05, 4.69) is 0 Å². The van der Waals surface area contributed by atoms with Crippen LogP contribution in [-0.2, 0) is 47.6 Å². The third-order valence-corrected chi connectivity index (χ3v) is 10.3. The lowest BCUT2D eigenvalue weighted by Gasteiger charge is -2.49. The smallest absolute Gasteiger partial charge is 0.308 e. The van der Waals surface area contributed by atoms with Crippen LogP contribution in [0, 0.1) is 23.7 Å². The number of ketones is 1. The predicted molar refractivity (Wildman–Crippen MR) is 181 cm³/mol. The zero-order chi connectivity index (χ0) is 36.6. The third kappa shape index (κ3) is 10.9. The van der Waals surface area contributed by atoms with Gasteiger partial charge in [0.1, 0.15) is 12.2 Å². The minimum absolute atomic E-state index is 0.0257. The molecule has 1 saturated heterocycles. The van der Waals surface area contributed by atoms with Crippen LogP contribution in [0.4, 0.5) is 0 Å². The number of esters is 3. The topological polar surface area (TPSA) is 147 Å². The molecule has 278 valence electrons. The molecule has 0 aromatic heterocycles. The molecule has 2 aliphatic heterocycles. The van der Waals surface area contributed by atoms with Gasteiger partial charge in [-0.2, -0.15) is 0 Å². The molecular formula is C37H59NO11. The first-order chi connectivity index (χ1) is 23.1. The van der Waals surface area contributed by atoms with Gasteiger partial charge >= 0.3 is 17.9 Å². The quantitative estimate of drug-likeness (QED) is 0.288. The van der Waals surface area contributed by atoms with Crippen LogP contribution in [0.3, 0.4) is 0 Å². The molecule has 1 aliphatic carbocycles. The Kier molecular flexibility index (Phi) is 15.4. The Labute approximate surface area is 291 Å². The number of carbonyl (C=O) groups is 4. The molecule has 1 N–H and O–H groups in total. The molecule has 3 rings (SSSR count). The van der Waals surface area contributed by atoms with E-state index in [1.54, 1.807) is 46.0 Å². The number of ether oxygens (including phenoxy) is 6. The van der Waals surface area contributed by atoms with E-state index in [1.807, 2.05) is 32.9 Å². The van der Waals surface area contributed by atoms with Crippen molar-refractivity contribution in [1.82, 2.24) is 4.90 Å². The fourth-order valence-corrected chi connectivity index (χ4v) is 7.68. The zero-order valence-corrected chi connectivity index (χ0v) is 31.0. The Balaban J connectivity index is 2.09. The maximum absolute atomic E-state index is 13.7. The highest BCUT2D eigenvalue weighted by molar-refractivity contribution is 5.92. The van der Waals surface area contributed by atoms with Gasteiger partial charge in [-0.05, 0) is 72.0 Å². The minimum Gasteiger partial charge on any atom is -0.462 e. The van der Waals surface area contributed by atoms with Crippen molar-refractivity contribution in [3.63, 3.8) is 0 Å². The van der Waals surface area contributed by atoms with Gasteiger partial charge in [0.15, 0.2) is 18.2 Å². The second-order valence-electron chi connectivity index (χ2n) is 14.2. The Morgan fingerprint density at radius 3 is 2.18 bits per heavy atom. The number of likely N-dealkylation sites (N-methyl/N-ethyl adjacent to an activating group) is 1. The van der Waals surface area contributed by atoms with Crippen molar-refractivity contribution in [1.29, 1.82) is 0 Å². The summed E-state index contributed by atoms with van der Waals surface area (Å²) >= 11 is 0. The molecule has 12 nitrogen and oxygen atoms in total. The highest BCUT2D eigenvalue weighted by atomic mass is 16.7. The fourth-order valence-electron chi connectivity index (χ4n) is 7.68. The lowest BCUT2D eigenvalue weighted by atomic mass is 9.72. The SMILES string of the molecule is CCC1/C=C(C)/C=C/C(=O)[C@@H]2CC(OC)C[C@@H](C2)[C@H](OC2O[C@H](C)[C@@H](OC(C)=O)[C@H](N(C)C)[C@H]2OC(C)=O)[C@@H](C)[C@H](O)CC(=O)O[C@@H]1CC. The molecule has 12 heteroatoms. The molecule has 0 amide bonds. The monoisotopic (exact) mass is 693 g/mol. The van der Waals surface area contributed by atoms with Crippen LogP contribution >= 0.6 is 0 Å². The minimum atomic E-state index is -1.16. The number of aliphatic hydroxyl groups is 1. The van der Waals surface area contributed by atoms with Crippen molar-refractivity contribution in [3.8, 4) is 0 Å². The molecule has 0 aromatic carbocycles. The first-order valence-corrected chi connectivity index (χ1v) is 17.7. The second kappa shape index (κ2) is 18.6. The average molecular weight is 694 g/mol. The number of cyclic esters (lactones) is 1. The molecule has 0 spiro atoms. The van der Waals surface area contributed by atoms with Gasteiger partial charge in [-0.3, -0.25) is 24.1 Å².